The van der Waals surface area contributed by atoms with Crippen LogP contribution in [0.2, 0.25) is 0 Å². The molecule has 1 aliphatic heterocycles. The van der Waals surface area contributed by atoms with Gasteiger partial charge in [0, 0.05) is 30.3 Å². The largest absolute Gasteiger partial charge is 0.435 e. The Morgan fingerprint density at radius 1 is 1.38 bits per heavy atom. The molecule has 2 rings (SSSR count). The van der Waals surface area contributed by atoms with Crippen molar-refractivity contribution in [2.75, 3.05) is 13.2 Å². The van der Waals surface area contributed by atoms with Crippen LogP contribution in [0.4, 0.5) is 18.0 Å². The van der Waals surface area contributed by atoms with E-state index in [1.165, 1.54) is 4.68 Å². The second-order valence-electron chi connectivity index (χ2n) is 5.71. The van der Waals surface area contributed by atoms with Gasteiger partial charge in [-0.15, -0.1) is 0 Å². The van der Waals surface area contributed by atoms with E-state index in [0.717, 1.165) is 12.8 Å². The summed E-state index contributed by atoms with van der Waals surface area (Å²) in [6.45, 7) is 4.65. The van der Waals surface area contributed by atoms with Crippen molar-refractivity contribution in [3.8, 4) is 0 Å². The fourth-order valence-corrected chi connectivity index (χ4v) is 2.73. The van der Waals surface area contributed by atoms with Crippen molar-refractivity contribution in [1.82, 2.24) is 20.4 Å². The summed E-state index contributed by atoms with van der Waals surface area (Å²) in [5.41, 5.74) is -0.246. The lowest BCUT2D eigenvalue weighted by Crippen LogP contribution is -2.42. The number of hydrogen-bond acceptors (Lipinski definition) is 3. The molecule has 2 heterocycles. The molecular formula is C15H23F3N4O2. The van der Waals surface area contributed by atoms with Crippen LogP contribution in [-0.2, 0) is 30.5 Å². The maximum atomic E-state index is 13.0. The number of rotatable bonds is 6. The number of alkyl halides is 3. The third-order valence-electron chi connectivity index (χ3n) is 4.09. The summed E-state index contributed by atoms with van der Waals surface area (Å²) in [4.78, 5) is 11.8. The highest BCUT2D eigenvalue weighted by atomic mass is 19.4. The summed E-state index contributed by atoms with van der Waals surface area (Å²) in [7, 11) is 0. The minimum absolute atomic E-state index is 0.0766. The molecule has 2 N–H and O–H groups in total. The lowest BCUT2D eigenvalue weighted by atomic mass is 10.1. The average Bonchev–Trinajstić information content (AvgIpc) is 2.92. The lowest BCUT2D eigenvalue weighted by Gasteiger charge is -2.17. The molecule has 1 aliphatic rings. The van der Waals surface area contributed by atoms with E-state index in [0.29, 0.717) is 18.7 Å². The Kier molecular flexibility index (Phi) is 6.09. The first-order valence-corrected chi connectivity index (χ1v) is 8.14. The highest BCUT2D eigenvalue weighted by Gasteiger charge is 2.39. The van der Waals surface area contributed by atoms with Crippen molar-refractivity contribution in [3.63, 3.8) is 0 Å². The molecule has 0 radical (unpaired) electrons. The number of hydrogen-bond donors (Lipinski definition) is 2. The van der Waals surface area contributed by atoms with E-state index >= 15 is 0 Å². The van der Waals surface area contributed by atoms with Gasteiger partial charge in [0.15, 0.2) is 5.69 Å². The number of fused-ring (bicyclic) bond motifs is 1. The van der Waals surface area contributed by atoms with E-state index in [-0.39, 0.29) is 37.3 Å². The highest BCUT2D eigenvalue weighted by molar-refractivity contribution is 5.74. The van der Waals surface area contributed by atoms with Gasteiger partial charge in [0.25, 0.3) is 0 Å². The van der Waals surface area contributed by atoms with Crippen LogP contribution in [0.1, 0.15) is 43.6 Å². The normalized spacial score (nSPS) is 14.6. The average molecular weight is 348 g/mol. The van der Waals surface area contributed by atoms with Gasteiger partial charge >= 0.3 is 12.2 Å². The lowest BCUT2D eigenvalue weighted by molar-refractivity contribution is -0.142. The van der Waals surface area contributed by atoms with Gasteiger partial charge in [-0.1, -0.05) is 13.8 Å². The standard InChI is InChI=1S/C15H23F3N4O2/c1-3-10(4-2)20-14(23)19-6-7-22-12-5-8-24-9-11(12)13(21-22)15(16,17)18/h10H,3-9H2,1-2H3,(H2,19,20,23). The molecule has 0 bridgehead atoms. The van der Waals surface area contributed by atoms with Crippen molar-refractivity contribution in [3.05, 3.63) is 17.0 Å². The van der Waals surface area contributed by atoms with Crippen LogP contribution in [0.3, 0.4) is 0 Å². The maximum absolute atomic E-state index is 13.0. The summed E-state index contributed by atoms with van der Waals surface area (Å²) in [5, 5.41) is 9.17. The molecule has 6 nitrogen and oxygen atoms in total. The summed E-state index contributed by atoms with van der Waals surface area (Å²) in [5.74, 6) is 0. The summed E-state index contributed by atoms with van der Waals surface area (Å²) >= 11 is 0. The first kappa shape index (κ1) is 18.6. The van der Waals surface area contributed by atoms with Crippen molar-refractivity contribution in [2.45, 2.75) is 58.5 Å². The van der Waals surface area contributed by atoms with Crippen molar-refractivity contribution >= 4 is 6.03 Å². The first-order chi connectivity index (χ1) is 11.4. The zero-order valence-corrected chi connectivity index (χ0v) is 13.9. The molecule has 0 unspecified atom stereocenters. The molecule has 2 amide bonds. The van der Waals surface area contributed by atoms with Crippen LogP contribution in [0, 0.1) is 0 Å². The number of ether oxygens (including phenoxy) is 1. The Bertz CT molecular complexity index is 568. The smallest absolute Gasteiger partial charge is 0.376 e. The molecule has 0 spiro atoms. The van der Waals surface area contributed by atoms with Crippen LogP contribution < -0.4 is 10.6 Å². The number of carbonyl (C=O) groups excluding carboxylic acids is 1. The topological polar surface area (TPSA) is 68.2 Å². The van der Waals surface area contributed by atoms with Crippen LogP contribution >= 0.6 is 0 Å². The molecule has 0 fully saturated rings. The van der Waals surface area contributed by atoms with Crippen LogP contribution in [0.5, 0.6) is 0 Å². The van der Waals surface area contributed by atoms with Gasteiger partial charge in [-0.2, -0.15) is 18.3 Å². The van der Waals surface area contributed by atoms with E-state index in [1.54, 1.807) is 0 Å². The second kappa shape index (κ2) is 7.87. The van der Waals surface area contributed by atoms with Gasteiger partial charge in [0.05, 0.1) is 19.8 Å². The highest BCUT2D eigenvalue weighted by Crippen LogP contribution is 2.34. The Balaban J connectivity index is 1.98. The maximum Gasteiger partial charge on any atom is 0.435 e. The van der Waals surface area contributed by atoms with E-state index in [2.05, 4.69) is 15.7 Å². The third-order valence-corrected chi connectivity index (χ3v) is 4.09. The molecule has 0 aromatic carbocycles. The second-order valence-corrected chi connectivity index (χ2v) is 5.71. The molecule has 0 saturated heterocycles. The number of aromatic nitrogens is 2. The fraction of sp³-hybridized carbons (Fsp3) is 0.733. The van der Waals surface area contributed by atoms with Gasteiger partial charge in [-0.3, -0.25) is 4.68 Å². The number of nitrogens with one attached hydrogen (secondary N) is 2. The minimum atomic E-state index is -4.50. The third kappa shape index (κ3) is 4.40. The Hall–Kier alpha value is -1.77. The monoisotopic (exact) mass is 348 g/mol. The SMILES string of the molecule is CCC(CC)NC(=O)NCCn1nc(C(F)(F)F)c2c1CCOC2. The minimum Gasteiger partial charge on any atom is -0.376 e. The molecule has 0 saturated carbocycles. The fourth-order valence-electron chi connectivity index (χ4n) is 2.73. The molecule has 9 heteroatoms. The number of amides is 2. The van der Waals surface area contributed by atoms with Crippen LogP contribution in [0.25, 0.3) is 0 Å². The van der Waals surface area contributed by atoms with Crippen molar-refractivity contribution in [2.24, 2.45) is 0 Å². The zero-order chi connectivity index (χ0) is 17.7. The molecule has 1 aromatic heterocycles. The van der Waals surface area contributed by atoms with Gasteiger partial charge in [-0.25, -0.2) is 4.79 Å². The molecule has 0 aliphatic carbocycles. The quantitative estimate of drug-likeness (QED) is 0.830. The number of urea groups is 1. The van der Waals surface area contributed by atoms with Gasteiger partial charge < -0.3 is 15.4 Å². The summed E-state index contributed by atoms with van der Waals surface area (Å²) in [6, 6.07) is -0.222. The predicted octanol–water partition coefficient (Wildman–Crippen LogP) is 2.46. The Morgan fingerprint density at radius 2 is 2.08 bits per heavy atom. The van der Waals surface area contributed by atoms with Crippen molar-refractivity contribution in [1.29, 1.82) is 0 Å². The Morgan fingerprint density at radius 3 is 2.71 bits per heavy atom. The molecule has 0 atom stereocenters. The molecule has 24 heavy (non-hydrogen) atoms. The van der Waals surface area contributed by atoms with Gasteiger partial charge in [-0.05, 0) is 12.8 Å². The van der Waals surface area contributed by atoms with Gasteiger partial charge in [0.1, 0.15) is 0 Å². The molecule has 1 aromatic rings. The Labute approximate surface area is 138 Å². The van der Waals surface area contributed by atoms with E-state index in [1.807, 2.05) is 13.8 Å². The zero-order valence-electron chi connectivity index (χ0n) is 13.9. The molecule has 136 valence electrons. The van der Waals surface area contributed by atoms with E-state index in [4.69, 9.17) is 4.74 Å². The first-order valence-electron chi connectivity index (χ1n) is 8.14. The summed E-state index contributed by atoms with van der Waals surface area (Å²) < 4.78 is 45.6. The summed E-state index contributed by atoms with van der Waals surface area (Å²) in [6.07, 6.45) is -2.47. The number of nitrogens with zero attached hydrogens (tertiary/aromatic N) is 2. The van der Waals surface area contributed by atoms with Crippen LogP contribution in [0.15, 0.2) is 0 Å². The van der Waals surface area contributed by atoms with E-state index in [9.17, 15) is 18.0 Å². The van der Waals surface area contributed by atoms with Crippen LogP contribution in [-0.4, -0.2) is 35.0 Å². The van der Waals surface area contributed by atoms with Crippen molar-refractivity contribution < 1.29 is 22.7 Å². The predicted molar refractivity (Wildman–Crippen MR) is 81.5 cm³/mol. The molecular weight excluding hydrogens is 325 g/mol. The number of halogens is 3. The number of carbonyl (C=O) groups is 1. The van der Waals surface area contributed by atoms with E-state index < -0.39 is 11.9 Å². The van der Waals surface area contributed by atoms with Gasteiger partial charge in [0.2, 0.25) is 0 Å².